The van der Waals surface area contributed by atoms with Crippen molar-refractivity contribution in [2.45, 2.75) is 17.9 Å². The Hall–Kier alpha value is -3.04. The summed E-state index contributed by atoms with van der Waals surface area (Å²) in [6, 6.07) is 22.1. The molecule has 34 heavy (non-hydrogen) atoms. The number of Topliss-reactive ketones (excluding diaryl/α,β-unsaturated/α-hetero) is 1. The maximum absolute atomic E-state index is 11.1. The van der Waals surface area contributed by atoms with Gasteiger partial charge in [-0.05, 0) is 60.3 Å². The van der Waals surface area contributed by atoms with E-state index in [0.29, 0.717) is 30.3 Å². The lowest BCUT2D eigenvalue weighted by Gasteiger charge is -2.17. The third kappa shape index (κ3) is 6.09. The summed E-state index contributed by atoms with van der Waals surface area (Å²) >= 11 is 8.34. The number of hydrogen-bond acceptors (Lipinski definition) is 7. The van der Waals surface area contributed by atoms with Crippen LogP contribution in [0.25, 0.3) is 11.1 Å². The van der Waals surface area contributed by atoms with E-state index in [1.54, 1.807) is 11.9 Å². The summed E-state index contributed by atoms with van der Waals surface area (Å²) in [4.78, 5) is 22.8. The van der Waals surface area contributed by atoms with Crippen molar-refractivity contribution in [2.75, 3.05) is 25.1 Å². The average Bonchev–Trinajstić information content (AvgIpc) is 3.24. The molecule has 0 spiro atoms. The number of carbonyl (C=O) groups is 2. The van der Waals surface area contributed by atoms with Gasteiger partial charge in [0.25, 0.3) is 5.78 Å². The Labute approximate surface area is 207 Å². The quantitative estimate of drug-likeness (QED) is 0.196. The molecule has 7 nitrogen and oxygen atoms in total. The molecule has 1 heterocycles. The van der Waals surface area contributed by atoms with E-state index in [9.17, 15) is 9.59 Å². The first-order chi connectivity index (χ1) is 16.5. The summed E-state index contributed by atoms with van der Waals surface area (Å²) < 4.78 is 7.93. The molecular formula is C25H24ClN3O4S. The number of ether oxygens (including phenoxy) is 1. The van der Waals surface area contributed by atoms with Crippen molar-refractivity contribution in [3.8, 4) is 16.9 Å². The summed E-state index contributed by atoms with van der Waals surface area (Å²) in [6.45, 7) is 1.46. The Kier molecular flexibility index (Phi) is 8.08. The van der Waals surface area contributed by atoms with E-state index in [1.807, 2.05) is 42.5 Å². The number of benzene rings is 3. The van der Waals surface area contributed by atoms with Gasteiger partial charge >= 0.3 is 5.97 Å². The highest BCUT2D eigenvalue weighted by Crippen LogP contribution is 2.38. The molecule has 4 rings (SSSR count). The van der Waals surface area contributed by atoms with E-state index in [1.165, 1.54) is 10.5 Å². The maximum Gasteiger partial charge on any atom is 0.373 e. The number of rotatable bonds is 11. The second kappa shape index (κ2) is 11.4. The number of nitrogens with zero attached hydrogens (tertiary/aromatic N) is 1. The van der Waals surface area contributed by atoms with Crippen molar-refractivity contribution in [2.24, 2.45) is 0 Å². The predicted octanol–water partition coefficient (Wildman–Crippen LogP) is 4.87. The number of nitrogens with one attached hydrogen (secondary N) is 2. The summed E-state index contributed by atoms with van der Waals surface area (Å²) in [6.07, 6.45) is 0.600. The molecule has 0 radical (unpaired) electrons. The lowest BCUT2D eigenvalue weighted by atomic mass is 10.0. The van der Waals surface area contributed by atoms with Crippen molar-refractivity contribution in [1.29, 1.82) is 0 Å². The molecule has 0 atom stereocenters. The van der Waals surface area contributed by atoms with Crippen LogP contribution in [0, 0.1) is 0 Å². The van der Waals surface area contributed by atoms with Crippen LogP contribution in [0.3, 0.4) is 0 Å². The number of carboxylic acids is 1. The molecule has 0 amide bonds. The zero-order chi connectivity index (χ0) is 23.9. The fourth-order valence-corrected chi connectivity index (χ4v) is 4.76. The molecule has 1 aliphatic heterocycles. The Morgan fingerprint density at radius 3 is 2.74 bits per heavy atom. The first kappa shape index (κ1) is 24.1. The number of anilines is 1. The predicted molar refractivity (Wildman–Crippen MR) is 134 cm³/mol. The van der Waals surface area contributed by atoms with Crippen molar-refractivity contribution < 1.29 is 19.4 Å². The van der Waals surface area contributed by atoms with E-state index in [-0.39, 0.29) is 6.54 Å². The second-order valence-electron chi connectivity index (χ2n) is 7.65. The standard InChI is InChI=1S/C25H24ClN3O4S/c26-24-20(9-4-10-22(24)33-13-5-12-27-15-21(30)25(31)32)17-7-3-8-19(14-17)28-29-16-18-6-1-2-11-23(18)34-29/h1-4,6-11,14,27-28H,5,12-13,15-16H2,(H,31,32). The summed E-state index contributed by atoms with van der Waals surface area (Å²) in [7, 11) is 0. The fourth-order valence-electron chi connectivity index (χ4n) is 3.49. The van der Waals surface area contributed by atoms with Gasteiger partial charge in [0.1, 0.15) is 5.75 Å². The van der Waals surface area contributed by atoms with Crippen molar-refractivity contribution in [3.63, 3.8) is 0 Å². The van der Waals surface area contributed by atoms with Crippen LogP contribution in [-0.4, -0.2) is 41.0 Å². The topological polar surface area (TPSA) is 90.9 Å². The van der Waals surface area contributed by atoms with E-state index >= 15 is 0 Å². The second-order valence-corrected chi connectivity index (χ2v) is 9.09. The van der Waals surface area contributed by atoms with Crippen LogP contribution in [0.15, 0.2) is 71.6 Å². The first-order valence-electron chi connectivity index (χ1n) is 10.8. The summed E-state index contributed by atoms with van der Waals surface area (Å²) in [5.74, 6) is -1.72. The highest BCUT2D eigenvalue weighted by atomic mass is 35.5. The highest BCUT2D eigenvalue weighted by molar-refractivity contribution is 7.97. The number of hydrogen-bond donors (Lipinski definition) is 3. The van der Waals surface area contributed by atoms with Crippen LogP contribution in [0.1, 0.15) is 12.0 Å². The minimum atomic E-state index is -1.43. The number of ketones is 1. The third-order valence-corrected chi connectivity index (χ3v) is 6.59. The highest BCUT2D eigenvalue weighted by Gasteiger charge is 2.19. The molecule has 0 saturated carbocycles. The minimum Gasteiger partial charge on any atom is -0.492 e. The Balaban J connectivity index is 1.34. The van der Waals surface area contributed by atoms with E-state index in [2.05, 4.69) is 39.4 Å². The number of carbonyl (C=O) groups excluding carboxylic acids is 1. The zero-order valence-electron chi connectivity index (χ0n) is 18.3. The molecule has 176 valence electrons. The molecule has 1 aliphatic rings. The third-order valence-electron chi connectivity index (χ3n) is 5.17. The number of halogens is 1. The van der Waals surface area contributed by atoms with Crippen LogP contribution in [0.2, 0.25) is 5.02 Å². The average molecular weight is 498 g/mol. The molecule has 0 unspecified atom stereocenters. The Morgan fingerprint density at radius 2 is 1.91 bits per heavy atom. The Morgan fingerprint density at radius 1 is 1.09 bits per heavy atom. The number of aliphatic carboxylic acids is 1. The van der Waals surface area contributed by atoms with Gasteiger partial charge in [-0.1, -0.05) is 54.1 Å². The Bertz CT molecular complexity index is 1170. The largest absolute Gasteiger partial charge is 0.492 e. The molecule has 0 fully saturated rings. The van der Waals surface area contributed by atoms with Gasteiger partial charge < -0.3 is 20.6 Å². The van der Waals surface area contributed by atoms with Gasteiger partial charge in [-0.2, -0.15) is 4.41 Å². The van der Waals surface area contributed by atoms with Gasteiger partial charge in [0.15, 0.2) is 0 Å². The van der Waals surface area contributed by atoms with Crippen LogP contribution in [-0.2, 0) is 16.1 Å². The number of carboxylic acid groups (broad SMARTS) is 1. The van der Waals surface area contributed by atoms with Gasteiger partial charge in [-0.15, -0.1) is 0 Å². The fraction of sp³-hybridized carbons (Fsp3) is 0.200. The van der Waals surface area contributed by atoms with Gasteiger partial charge in [0.05, 0.1) is 30.4 Å². The van der Waals surface area contributed by atoms with Crippen molar-refractivity contribution in [3.05, 3.63) is 77.3 Å². The van der Waals surface area contributed by atoms with E-state index in [0.717, 1.165) is 23.4 Å². The van der Waals surface area contributed by atoms with Crippen LogP contribution < -0.4 is 15.5 Å². The van der Waals surface area contributed by atoms with Gasteiger partial charge in [0.2, 0.25) is 0 Å². The molecule has 9 heteroatoms. The minimum absolute atomic E-state index is 0.196. The van der Waals surface area contributed by atoms with Gasteiger partial charge in [-0.3, -0.25) is 4.79 Å². The van der Waals surface area contributed by atoms with Crippen molar-refractivity contribution in [1.82, 2.24) is 9.73 Å². The molecule has 0 aromatic heterocycles. The molecule has 0 saturated heterocycles. The normalized spacial score (nSPS) is 12.9. The van der Waals surface area contributed by atoms with Crippen LogP contribution in [0.4, 0.5) is 5.69 Å². The monoisotopic (exact) mass is 497 g/mol. The molecular weight excluding hydrogens is 474 g/mol. The molecule has 0 bridgehead atoms. The lowest BCUT2D eigenvalue weighted by molar-refractivity contribution is -0.148. The van der Waals surface area contributed by atoms with Crippen molar-refractivity contribution >= 4 is 41.0 Å². The molecule has 3 aromatic carbocycles. The van der Waals surface area contributed by atoms with E-state index < -0.39 is 11.8 Å². The number of hydrazine groups is 1. The first-order valence-corrected chi connectivity index (χ1v) is 11.9. The van der Waals surface area contributed by atoms with Gasteiger partial charge in [0, 0.05) is 10.5 Å². The maximum atomic E-state index is 11.1. The van der Waals surface area contributed by atoms with E-state index in [4.69, 9.17) is 21.4 Å². The number of fused-ring (bicyclic) bond motifs is 1. The molecule has 3 aromatic rings. The smallest absolute Gasteiger partial charge is 0.373 e. The SMILES string of the molecule is O=C(O)C(=O)CNCCCOc1cccc(-c2cccc(NN3Cc4ccccc4S3)c2)c1Cl. The lowest BCUT2D eigenvalue weighted by Crippen LogP contribution is -2.29. The molecule has 0 aliphatic carbocycles. The zero-order valence-corrected chi connectivity index (χ0v) is 19.9. The van der Waals surface area contributed by atoms with Crippen LogP contribution >= 0.6 is 23.5 Å². The summed E-state index contributed by atoms with van der Waals surface area (Å²) in [5.41, 5.74) is 7.55. The van der Waals surface area contributed by atoms with Gasteiger partial charge in [-0.25, -0.2) is 4.79 Å². The van der Waals surface area contributed by atoms with Crippen LogP contribution in [0.5, 0.6) is 5.75 Å². The summed E-state index contributed by atoms with van der Waals surface area (Å²) in [5, 5.41) is 11.9. The molecule has 3 N–H and O–H groups in total.